The van der Waals surface area contributed by atoms with Crippen molar-refractivity contribution in [1.82, 2.24) is 30.0 Å². The Morgan fingerprint density at radius 1 is 0.974 bits per heavy atom. The van der Waals surface area contributed by atoms with Gasteiger partial charge in [0, 0.05) is 40.3 Å². The van der Waals surface area contributed by atoms with Gasteiger partial charge in [-0.25, -0.2) is 4.39 Å². The average Bonchev–Trinajstić information content (AvgIpc) is 3.51. The second-order valence-corrected chi connectivity index (χ2v) is 10.1. The zero-order chi connectivity index (χ0) is 27.1. The predicted molar refractivity (Wildman–Crippen MR) is 156 cm³/mol. The molecule has 0 saturated heterocycles. The van der Waals surface area contributed by atoms with E-state index in [4.69, 9.17) is 0 Å². The van der Waals surface area contributed by atoms with Crippen molar-refractivity contribution in [3.63, 3.8) is 0 Å². The van der Waals surface area contributed by atoms with Gasteiger partial charge >= 0.3 is 0 Å². The molecule has 194 valence electrons. The van der Waals surface area contributed by atoms with Gasteiger partial charge in [0.1, 0.15) is 11.5 Å². The summed E-state index contributed by atoms with van der Waals surface area (Å²) in [4.78, 5) is 14.6. The Bertz CT molecular complexity index is 1830. The second-order valence-electron chi connectivity index (χ2n) is 10.1. The molecule has 0 amide bonds. The molecule has 8 heteroatoms. The summed E-state index contributed by atoms with van der Waals surface area (Å²) >= 11 is 0. The number of nitrogens with one attached hydrogen (secondary N) is 3. The lowest BCUT2D eigenvalue weighted by Gasteiger charge is -2.14. The molecule has 2 aromatic carbocycles. The molecule has 0 fully saturated rings. The highest BCUT2D eigenvalue weighted by Gasteiger charge is 2.15. The van der Waals surface area contributed by atoms with Gasteiger partial charge in [-0.1, -0.05) is 24.8 Å². The van der Waals surface area contributed by atoms with Crippen LogP contribution in [0, 0.1) is 12.7 Å². The van der Waals surface area contributed by atoms with Crippen LogP contribution in [0.25, 0.3) is 55.6 Å². The molecular formula is C31H28FN7. The molecule has 0 atom stereocenters. The Balaban J connectivity index is 1.39. The minimum Gasteiger partial charge on any atom is -0.357 e. The van der Waals surface area contributed by atoms with Gasteiger partial charge in [0.05, 0.1) is 35.0 Å². The Labute approximate surface area is 225 Å². The first kappa shape index (κ1) is 24.5. The number of anilines is 1. The number of hydrogen-bond acceptors (Lipinski definition) is 5. The fraction of sp³-hybridized carbons (Fsp3) is 0.129. The molecule has 4 aromatic heterocycles. The molecule has 0 saturated carbocycles. The maximum absolute atomic E-state index is 14.2. The smallest absolute Gasteiger partial charge is 0.124 e. The molecule has 0 unspecified atom stereocenters. The summed E-state index contributed by atoms with van der Waals surface area (Å²) in [6.45, 7) is 6.71. The first-order valence-corrected chi connectivity index (χ1v) is 12.6. The summed E-state index contributed by atoms with van der Waals surface area (Å²) in [5.74, 6) is -0.244. The number of likely N-dealkylation sites (N-methyl/N-ethyl adjacent to an activating group) is 1. The normalized spacial score (nSPS) is 11.5. The summed E-state index contributed by atoms with van der Waals surface area (Å²) in [6, 6.07) is 17.2. The van der Waals surface area contributed by atoms with Gasteiger partial charge in [0.2, 0.25) is 0 Å². The predicted octanol–water partition coefficient (Wildman–Crippen LogP) is 6.77. The summed E-state index contributed by atoms with van der Waals surface area (Å²) in [6.07, 6.45) is 5.36. The van der Waals surface area contributed by atoms with Crippen LogP contribution < -0.4 is 5.32 Å². The average molecular weight is 518 g/mol. The van der Waals surface area contributed by atoms with Crippen molar-refractivity contribution in [2.75, 3.05) is 26.0 Å². The van der Waals surface area contributed by atoms with Crippen molar-refractivity contribution >= 4 is 27.5 Å². The fourth-order valence-electron chi connectivity index (χ4n) is 4.98. The highest BCUT2D eigenvalue weighted by Crippen LogP contribution is 2.35. The fourth-order valence-corrected chi connectivity index (χ4v) is 4.98. The van der Waals surface area contributed by atoms with E-state index >= 15 is 0 Å². The van der Waals surface area contributed by atoms with E-state index in [2.05, 4.69) is 48.0 Å². The molecule has 0 radical (unpaired) electrons. The quantitative estimate of drug-likeness (QED) is 0.218. The number of nitrogens with zero attached hydrogens (tertiary/aromatic N) is 4. The lowest BCUT2D eigenvalue weighted by atomic mass is 9.99. The number of pyridine rings is 2. The van der Waals surface area contributed by atoms with Crippen LogP contribution in [0.1, 0.15) is 5.56 Å². The number of benzene rings is 2. The molecule has 4 heterocycles. The SMILES string of the molecule is C=C(CN(C)C)Nc1cncc(-c2cc3c(-c4cc5c(-c6cc(C)cc(F)c6)cccc5[nH]4)n[nH]c3cn2)c1. The first-order chi connectivity index (χ1) is 18.8. The third-order valence-corrected chi connectivity index (χ3v) is 6.58. The number of halogens is 1. The number of aryl methyl sites for hydroxylation is 1. The maximum Gasteiger partial charge on any atom is 0.124 e. The van der Waals surface area contributed by atoms with E-state index in [1.54, 1.807) is 24.7 Å². The van der Waals surface area contributed by atoms with Gasteiger partial charge in [0.15, 0.2) is 0 Å². The Morgan fingerprint density at radius 3 is 2.67 bits per heavy atom. The summed E-state index contributed by atoms with van der Waals surface area (Å²) in [5, 5.41) is 13.0. The van der Waals surface area contributed by atoms with Crippen LogP contribution in [0.3, 0.4) is 0 Å². The number of rotatable bonds is 7. The van der Waals surface area contributed by atoms with Gasteiger partial charge in [-0.2, -0.15) is 5.10 Å². The minimum atomic E-state index is -0.244. The second kappa shape index (κ2) is 9.81. The molecule has 39 heavy (non-hydrogen) atoms. The largest absolute Gasteiger partial charge is 0.357 e. The van der Waals surface area contributed by atoms with E-state index in [9.17, 15) is 4.39 Å². The van der Waals surface area contributed by atoms with E-state index in [1.807, 2.05) is 57.4 Å². The molecule has 3 N–H and O–H groups in total. The van der Waals surface area contributed by atoms with Crippen molar-refractivity contribution in [2.24, 2.45) is 0 Å². The molecule has 7 nitrogen and oxygen atoms in total. The van der Waals surface area contributed by atoms with E-state index in [0.717, 1.165) is 79.1 Å². The van der Waals surface area contributed by atoms with Crippen molar-refractivity contribution in [2.45, 2.75) is 6.92 Å². The number of H-pyrrole nitrogens is 2. The van der Waals surface area contributed by atoms with Gasteiger partial charge in [0.25, 0.3) is 0 Å². The monoisotopic (exact) mass is 517 g/mol. The van der Waals surface area contributed by atoms with Gasteiger partial charge in [-0.3, -0.25) is 15.1 Å². The van der Waals surface area contributed by atoms with Crippen molar-refractivity contribution in [3.05, 3.63) is 96.8 Å². The topological polar surface area (TPSA) is 85.5 Å². The zero-order valence-electron chi connectivity index (χ0n) is 22.0. The van der Waals surface area contributed by atoms with Crippen LogP contribution >= 0.6 is 0 Å². The third kappa shape index (κ3) is 4.89. The number of hydrogen-bond donors (Lipinski definition) is 3. The Hall–Kier alpha value is -4.82. The Kier molecular flexibility index (Phi) is 6.17. The highest BCUT2D eigenvalue weighted by atomic mass is 19.1. The first-order valence-electron chi connectivity index (χ1n) is 12.6. The summed E-state index contributed by atoms with van der Waals surface area (Å²) in [7, 11) is 4.00. The van der Waals surface area contributed by atoms with E-state index < -0.39 is 0 Å². The van der Waals surface area contributed by atoms with E-state index in [0.29, 0.717) is 0 Å². The number of aromatic amines is 2. The van der Waals surface area contributed by atoms with Crippen molar-refractivity contribution in [1.29, 1.82) is 0 Å². The number of fused-ring (bicyclic) bond motifs is 2. The van der Waals surface area contributed by atoms with E-state index in [1.165, 1.54) is 6.07 Å². The minimum absolute atomic E-state index is 0.244. The Morgan fingerprint density at radius 2 is 1.85 bits per heavy atom. The van der Waals surface area contributed by atoms with Crippen LogP contribution in [0.2, 0.25) is 0 Å². The molecule has 0 aliphatic rings. The summed E-state index contributed by atoms with van der Waals surface area (Å²) in [5.41, 5.74) is 9.52. The lowest BCUT2D eigenvalue weighted by molar-refractivity contribution is 0.447. The zero-order valence-corrected chi connectivity index (χ0v) is 22.0. The van der Waals surface area contributed by atoms with Crippen molar-refractivity contribution in [3.8, 4) is 33.8 Å². The van der Waals surface area contributed by atoms with Crippen LogP contribution in [0.5, 0.6) is 0 Å². The van der Waals surface area contributed by atoms with Gasteiger partial charge < -0.3 is 15.2 Å². The van der Waals surface area contributed by atoms with Gasteiger partial charge in [-0.15, -0.1) is 0 Å². The maximum atomic E-state index is 14.2. The van der Waals surface area contributed by atoms with Crippen LogP contribution in [-0.4, -0.2) is 50.7 Å². The van der Waals surface area contributed by atoms with Crippen LogP contribution in [-0.2, 0) is 0 Å². The molecule has 6 rings (SSSR count). The van der Waals surface area contributed by atoms with Crippen LogP contribution in [0.15, 0.2) is 85.5 Å². The van der Waals surface area contributed by atoms with Crippen molar-refractivity contribution < 1.29 is 4.39 Å². The molecule has 0 aliphatic heterocycles. The molecule has 0 bridgehead atoms. The summed E-state index contributed by atoms with van der Waals surface area (Å²) < 4.78 is 14.2. The third-order valence-electron chi connectivity index (χ3n) is 6.58. The molecule has 0 aliphatic carbocycles. The van der Waals surface area contributed by atoms with E-state index in [-0.39, 0.29) is 5.82 Å². The number of aromatic nitrogens is 5. The molecule has 0 spiro atoms. The molecule has 6 aromatic rings. The molecular weight excluding hydrogens is 489 g/mol. The highest BCUT2D eigenvalue weighted by molar-refractivity contribution is 6.01. The standard InChI is InChI=1S/C31H28FN7/c1-18-8-20(10-22(32)9-18)24-6-5-7-27-25(24)12-29(36-27)31-26-13-28(34-16-30(26)37-38-31)21-11-23(15-33-14-21)35-19(2)17-39(3)4/h5-16,35-36H,2,17H2,1,3-4H3,(H,37,38). The lowest BCUT2D eigenvalue weighted by Crippen LogP contribution is -2.18. The van der Waals surface area contributed by atoms with Gasteiger partial charge in [-0.05, 0) is 74.1 Å². The van der Waals surface area contributed by atoms with Crippen LogP contribution in [0.4, 0.5) is 10.1 Å².